The van der Waals surface area contributed by atoms with Crippen LogP contribution >= 0.6 is 11.3 Å². The second-order valence-corrected chi connectivity index (χ2v) is 6.95. The van der Waals surface area contributed by atoms with E-state index >= 15 is 0 Å². The van der Waals surface area contributed by atoms with E-state index in [0.29, 0.717) is 24.0 Å². The van der Waals surface area contributed by atoms with Crippen LogP contribution in [-0.4, -0.2) is 19.0 Å². The molecule has 3 aromatic rings. The van der Waals surface area contributed by atoms with E-state index in [1.165, 1.54) is 11.3 Å². The van der Waals surface area contributed by atoms with Gasteiger partial charge in [-0.3, -0.25) is 0 Å². The molecular weight excluding hydrogens is 374 g/mol. The van der Waals surface area contributed by atoms with Crippen LogP contribution in [0.2, 0.25) is 0 Å². The van der Waals surface area contributed by atoms with Crippen molar-refractivity contribution in [1.82, 2.24) is 0 Å². The molecule has 1 aliphatic heterocycles. The highest BCUT2D eigenvalue weighted by Crippen LogP contribution is 2.30. The molecule has 0 N–H and O–H groups in total. The molecule has 1 aromatic heterocycles. The van der Waals surface area contributed by atoms with E-state index < -0.39 is 5.97 Å². The zero-order chi connectivity index (χ0) is 19.3. The number of cyclic esters (lactones) is 1. The average Bonchev–Trinajstić information content (AvgIpc) is 3.38. The van der Waals surface area contributed by atoms with Gasteiger partial charge in [-0.25, -0.2) is 9.79 Å². The first kappa shape index (κ1) is 18.0. The van der Waals surface area contributed by atoms with E-state index in [4.69, 9.17) is 14.2 Å². The molecular formula is C22H17NO4S. The number of methoxy groups -OCH3 is 1. The first-order chi connectivity index (χ1) is 13.7. The number of ether oxygens (including phenoxy) is 3. The fourth-order valence-electron chi connectivity index (χ4n) is 2.70. The van der Waals surface area contributed by atoms with E-state index in [2.05, 4.69) is 4.99 Å². The number of rotatable bonds is 6. The van der Waals surface area contributed by atoms with Crippen LogP contribution in [0.5, 0.6) is 11.5 Å². The molecule has 0 saturated heterocycles. The van der Waals surface area contributed by atoms with Crippen molar-refractivity contribution in [2.24, 2.45) is 4.99 Å². The summed E-state index contributed by atoms with van der Waals surface area (Å²) in [5, 5.41) is 1.91. The Morgan fingerprint density at radius 3 is 2.68 bits per heavy atom. The molecule has 140 valence electrons. The molecule has 1 aliphatic rings. The maximum absolute atomic E-state index is 12.1. The highest BCUT2D eigenvalue weighted by molar-refractivity contribution is 7.12. The largest absolute Gasteiger partial charge is 0.493 e. The Morgan fingerprint density at radius 1 is 1.07 bits per heavy atom. The van der Waals surface area contributed by atoms with Gasteiger partial charge in [-0.15, -0.1) is 11.3 Å². The monoisotopic (exact) mass is 391 g/mol. The Labute approximate surface area is 166 Å². The molecule has 0 radical (unpaired) electrons. The summed E-state index contributed by atoms with van der Waals surface area (Å²) in [6, 6.07) is 19.1. The number of benzene rings is 2. The summed E-state index contributed by atoms with van der Waals surface area (Å²) in [5.41, 5.74) is 2.08. The van der Waals surface area contributed by atoms with Crippen molar-refractivity contribution >= 4 is 29.3 Å². The van der Waals surface area contributed by atoms with Crippen molar-refractivity contribution in [2.75, 3.05) is 7.11 Å². The summed E-state index contributed by atoms with van der Waals surface area (Å²) in [6.45, 7) is 0.417. The third kappa shape index (κ3) is 3.97. The summed E-state index contributed by atoms with van der Waals surface area (Å²) in [7, 11) is 1.59. The van der Waals surface area contributed by atoms with Gasteiger partial charge in [0.15, 0.2) is 17.2 Å². The maximum Gasteiger partial charge on any atom is 0.363 e. The van der Waals surface area contributed by atoms with Crippen molar-refractivity contribution in [2.45, 2.75) is 6.61 Å². The molecule has 0 saturated carbocycles. The molecule has 2 aromatic carbocycles. The van der Waals surface area contributed by atoms with Gasteiger partial charge in [-0.1, -0.05) is 42.5 Å². The minimum Gasteiger partial charge on any atom is -0.493 e. The second-order valence-electron chi connectivity index (χ2n) is 6.00. The molecule has 28 heavy (non-hydrogen) atoms. The summed E-state index contributed by atoms with van der Waals surface area (Å²) < 4.78 is 16.6. The van der Waals surface area contributed by atoms with E-state index in [9.17, 15) is 4.79 Å². The van der Waals surface area contributed by atoms with E-state index in [1.54, 1.807) is 19.3 Å². The first-order valence-corrected chi connectivity index (χ1v) is 9.52. The number of thiophene rings is 1. The zero-order valence-electron chi connectivity index (χ0n) is 15.1. The lowest BCUT2D eigenvalue weighted by atomic mass is 10.1. The molecule has 6 heteroatoms. The molecule has 5 nitrogen and oxygen atoms in total. The van der Waals surface area contributed by atoms with Crippen molar-refractivity contribution in [1.29, 1.82) is 0 Å². The number of hydrogen-bond acceptors (Lipinski definition) is 6. The number of hydrogen-bond donors (Lipinski definition) is 0. The lowest BCUT2D eigenvalue weighted by Crippen LogP contribution is -2.03. The summed E-state index contributed by atoms with van der Waals surface area (Å²) in [6.07, 6.45) is 1.68. The molecule has 0 bridgehead atoms. The standard InChI is InChI=1S/C22H17NO4S/c1-25-18-10-9-16(13-19(18)26-14-15-6-3-2-4-7-15)12-17-22(24)27-21(23-17)20-8-5-11-28-20/h2-13H,14H2,1H3/b17-12+. The summed E-state index contributed by atoms with van der Waals surface area (Å²) in [5.74, 6) is 1.08. The van der Waals surface area contributed by atoms with Gasteiger partial charge in [0.05, 0.1) is 12.0 Å². The van der Waals surface area contributed by atoms with Gasteiger partial charge in [-0.05, 0) is 40.8 Å². The molecule has 0 unspecified atom stereocenters. The lowest BCUT2D eigenvalue weighted by molar-refractivity contribution is -0.129. The Morgan fingerprint density at radius 2 is 1.93 bits per heavy atom. The molecule has 0 spiro atoms. The smallest absolute Gasteiger partial charge is 0.363 e. The summed E-state index contributed by atoms with van der Waals surface area (Å²) >= 11 is 1.47. The lowest BCUT2D eigenvalue weighted by Gasteiger charge is -2.11. The SMILES string of the molecule is COc1ccc(/C=C2/N=C(c3cccs3)OC2=O)cc1OCc1ccccc1. The molecule has 0 aliphatic carbocycles. The average molecular weight is 391 g/mol. The second kappa shape index (κ2) is 8.10. The Balaban J connectivity index is 1.58. The van der Waals surface area contributed by atoms with Crippen LogP contribution in [0.4, 0.5) is 0 Å². The number of carbonyl (C=O) groups is 1. The molecule has 0 amide bonds. The Kier molecular flexibility index (Phi) is 5.21. The maximum atomic E-state index is 12.1. The molecule has 0 atom stereocenters. The fraction of sp³-hybridized carbons (Fsp3) is 0.0909. The van der Waals surface area contributed by atoms with Crippen LogP contribution < -0.4 is 9.47 Å². The number of esters is 1. The van der Waals surface area contributed by atoms with Crippen molar-refractivity contribution in [3.8, 4) is 11.5 Å². The van der Waals surface area contributed by atoms with Gasteiger partial charge in [0.25, 0.3) is 0 Å². The van der Waals surface area contributed by atoms with Crippen LogP contribution in [0.25, 0.3) is 6.08 Å². The van der Waals surface area contributed by atoms with Gasteiger partial charge < -0.3 is 14.2 Å². The highest BCUT2D eigenvalue weighted by atomic mass is 32.1. The van der Waals surface area contributed by atoms with Gasteiger partial charge in [0.1, 0.15) is 6.61 Å². The number of nitrogens with zero attached hydrogens (tertiary/aromatic N) is 1. The number of carbonyl (C=O) groups excluding carboxylic acids is 1. The van der Waals surface area contributed by atoms with Crippen LogP contribution in [-0.2, 0) is 16.1 Å². The summed E-state index contributed by atoms with van der Waals surface area (Å²) in [4.78, 5) is 17.3. The fourth-order valence-corrected chi connectivity index (χ4v) is 3.35. The van der Waals surface area contributed by atoms with E-state index in [-0.39, 0.29) is 5.70 Å². The van der Waals surface area contributed by atoms with Crippen LogP contribution in [0.3, 0.4) is 0 Å². The normalized spacial score (nSPS) is 14.7. The van der Waals surface area contributed by atoms with E-state index in [0.717, 1.165) is 16.0 Å². The van der Waals surface area contributed by atoms with Crippen molar-refractivity contribution in [3.05, 3.63) is 87.7 Å². The zero-order valence-corrected chi connectivity index (χ0v) is 15.9. The Hall–Kier alpha value is -3.38. The van der Waals surface area contributed by atoms with Gasteiger partial charge >= 0.3 is 5.97 Å². The van der Waals surface area contributed by atoms with Crippen LogP contribution in [0.1, 0.15) is 16.0 Å². The molecule has 0 fully saturated rings. The predicted molar refractivity (Wildman–Crippen MR) is 109 cm³/mol. The van der Waals surface area contributed by atoms with Crippen LogP contribution in [0, 0.1) is 0 Å². The number of aliphatic imine (C=N–C) groups is 1. The third-order valence-corrected chi connectivity index (χ3v) is 4.94. The van der Waals surface area contributed by atoms with E-state index in [1.807, 2.05) is 60.0 Å². The quantitative estimate of drug-likeness (QED) is 0.452. The minimum absolute atomic E-state index is 0.252. The third-order valence-electron chi connectivity index (χ3n) is 4.08. The van der Waals surface area contributed by atoms with Crippen molar-refractivity contribution in [3.63, 3.8) is 0 Å². The first-order valence-electron chi connectivity index (χ1n) is 8.64. The topological polar surface area (TPSA) is 57.1 Å². The van der Waals surface area contributed by atoms with Gasteiger partial charge in [0, 0.05) is 0 Å². The van der Waals surface area contributed by atoms with Gasteiger partial charge in [0.2, 0.25) is 5.90 Å². The molecule has 2 heterocycles. The van der Waals surface area contributed by atoms with Crippen LogP contribution in [0.15, 0.2) is 76.7 Å². The Bertz CT molecular complexity index is 1040. The van der Waals surface area contributed by atoms with Gasteiger partial charge in [-0.2, -0.15) is 0 Å². The van der Waals surface area contributed by atoms with Crippen molar-refractivity contribution < 1.29 is 19.0 Å². The minimum atomic E-state index is -0.467. The molecule has 4 rings (SSSR count). The highest BCUT2D eigenvalue weighted by Gasteiger charge is 2.24. The predicted octanol–water partition coefficient (Wildman–Crippen LogP) is 4.68.